The highest BCUT2D eigenvalue weighted by molar-refractivity contribution is 6.43. The third kappa shape index (κ3) is 3.58. The zero-order valence-corrected chi connectivity index (χ0v) is 12.0. The van der Waals surface area contributed by atoms with Crippen LogP contribution in [0, 0.1) is 10.1 Å². The van der Waals surface area contributed by atoms with Gasteiger partial charge >= 0.3 is 5.97 Å². The van der Waals surface area contributed by atoms with E-state index in [1.165, 1.54) is 20.1 Å². The maximum atomic E-state index is 11.9. The Kier molecular flexibility index (Phi) is 5.29. The van der Waals surface area contributed by atoms with Gasteiger partial charge in [-0.2, -0.15) is 0 Å². The van der Waals surface area contributed by atoms with E-state index in [0.717, 1.165) is 6.07 Å². The lowest BCUT2D eigenvalue weighted by molar-refractivity contribution is -0.384. The second kappa shape index (κ2) is 6.53. The molecule has 108 valence electrons. The lowest BCUT2D eigenvalue weighted by atomic mass is 10.1. The van der Waals surface area contributed by atoms with Gasteiger partial charge in [-0.1, -0.05) is 23.2 Å². The Bertz CT molecular complexity index is 576. The molecule has 1 amide bonds. The summed E-state index contributed by atoms with van der Waals surface area (Å²) in [7, 11) is 1.18. The molecule has 1 atom stereocenters. The molecule has 0 saturated carbocycles. The van der Waals surface area contributed by atoms with Crippen LogP contribution in [0.15, 0.2) is 12.1 Å². The van der Waals surface area contributed by atoms with Crippen molar-refractivity contribution < 1.29 is 19.2 Å². The molecule has 9 heteroatoms. The molecule has 7 nitrogen and oxygen atoms in total. The molecule has 0 aliphatic heterocycles. The van der Waals surface area contributed by atoms with E-state index in [2.05, 4.69) is 10.1 Å². The number of benzene rings is 1. The van der Waals surface area contributed by atoms with Crippen LogP contribution in [0.1, 0.15) is 17.3 Å². The van der Waals surface area contributed by atoms with Gasteiger partial charge in [0.05, 0.1) is 17.1 Å². The van der Waals surface area contributed by atoms with Crippen LogP contribution in [0.2, 0.25) is 10.0 Å². The molecule has 1 rings (SSSR count). The minimum atomic E-state index is -0.902. The predicted molar refractivity (Wildman–Crippen MR) is 72.1 cm³/mol. The zero-order chi connectivity index (χ0) is 15.4. The number of nitro benzene ring substituents is 1. The summed E-state index contributed by atoms with van der Waals surface area (Å²) in [6, 6.07) is 1.25. The van der Waals surface area contributed by atoms with Crippen molar-refractivity contribution in [3.8, 4) is 0 Å². The fraction of sp³-hybridized carbons (Fsp3) is 0.273. The molecule has 0 fully saturated rings. The van der Waals surface area contributed by atoms with Crippen molar-refractivity contribution >= 4 is 40.8 Å². The molecule has 1 aromatic carbocycles. The molecule has 0 radical (unpaired) electrons. The van der Waals surface area contributed by atoms with Gasteiger partial charge < -0.3 is 10.1 Å². The molecule has 0 heterocycles. The van der Waals surface area contributed by atoms with E-state index < -0.39 is 28.5 Å². The number of halogens is 2. The van der Waals surface area contributed by atoms with Crippen molar-refractivity contribution in [1.29, 1.82) is 0 Å². The number of rotatable bonds is 4. The zero-order valence-electron chi connectivity index (χ0n) is 10.5. The first kappa shape index (κ1) is 16.2. The first-order valence-electron chi connectivity index (χ1n) is 5.30. The molecule has 0 aromatic heterocycles. The number of methoxy groups -OCH3 is 1. The largest absolute Gasteiger partial charge is 0.467 e. The third-order valence-electron chi connectivity index (χ3n) is 2.37. The fourth-order valence-corrected chi connectivity index (χ4v) is 1.75. The summed E-state index contributed by atoms with van der Waals surface area (Å²) in [4.78, 5) is 33.1. The highest BCUT2D eigenvalue weighted by atomic mass is 35.5. The molecule has 1 aromatic rings. The van der Waals surface area contributed by atoms with Crippen molar-refractivity contribution in [2.75, 3.05) is 7.11 Å². The highest BCUT2D eigenvalue weighted by Gasteiger charge is 2.22. The predicted octanol–water partition coefficient (Wildman–Crippen LogP) is 2.19. The van der Waals surface area contributed by atoms with E-state index in [1.54, 1.807) is 0 Å². The quantitative estimate of drug-likeness (QED) is 0.521. The van der Waals surface area contributed by atoms with Crippen LogP contribution < -0.4 is 5.32 Å². The minimum Gasteiger partial charge on any atom is -0.467 e. The van der Waals surface area contributed by atoms with Gasteiger partial charge in [0.1, 0.15) is 11.1 Å². The summed E-state index contributed by atoms with van der Waals surface area (Å²) in [5.74, 6) is -1.35. The molecule has 20 heavy (non-hydrogen) atoms. The second-order valence-corrected chi connectivity index (χ2v) is 4.55. The topological polar surface area (TPSA) is 98.5 Å². The molecular weight excluding hydrogens is 311 g/mol. The fourth-order valence-electron chi connectivity index (χ4n) is 1.35. The maximum Gasteiger partial charge on any atom is 0.328 e. The summed E-state index contributed by atoms with van der Waals surface area (Å²) < 4.78 is 4.44. The molecule has 1 N–H and O–H groups in total. The Balaban J connectivity index is 3.05. The van der Waals surface area contributed by atoms with Gasteiger partial charge in [-0.05, 0) is 13.0 Å². The number of nitro groups is 1. The van der Waals surface area contributed by atoms with Crippen molar-refractivity contribution in [2.24, 2.45) is 0 Å². The number of nitrogens with zero attached hydrogens (tertiary/aromatic N) is 1. The molecule has 0 aliphatic carbocycles. The molecule has 0 saturated heterocycles. The smallest absolute Gasteiger partial charge is 0.328 e. The van der Waals surface area contributed by atoms with E-state index >= 15 is 0 Å². The number of carbonyl (C=O) groups excluding carboxylic acids is 2. The monoisotopic (exact) mass is 320 g/mol. The standard InChI is InChI=1S/C11H10Cl2N2O5/c1-5(11(17)20-2)14-10(16)6-3-7(12)9(13)8(4-6)15(18)19/h3-5H,1-2H3,(H,14,16)/t5-/m0/s1. The van der Waals surface area contributed by atoms with Crippen molar-refractivity contribution in [3.05, 3.63) is 37.9 Å². The SMILES string of the molecule is COC(=O)[C@H](C)NC(=O)c1cc(Cl)c(Cl)c([N+](=O)[O-])c1. The average molecular weight is 321 g/mol. The maximum absolute atomic E-state index is 11.9. The van der Waals surface area contributed by atoms with Crippen molar-refractivity contribution in [2.45, 2.75) is 13.0 Å². The number of carbonyl (C=O) groups is 2. The number of esters is 1. The number of hydrogen-bond acceptors (Lipinski definition) is 5. The van der Waals surface area contributed by atoms with E-state index in [0.29, 0.717) is 0 Å². The third-order valence-corrected chi connectivity index (χ3v) is 3.16. The summed E-state index contributed by atoms with van der Waals surface area (Å²) >= 11 is 11.4. The van der Waals surface area contributed by atoms with Crippen molar-refractivity contribution in [1.82, 2.24) is 5.32 Å². The Labute approximate surface area is 124 Å². The van der Waals surface area contributed by atoms with Gasteiger partial charge in [-0.15, -0.1) is 0 Å². The molecule has 0 aliphatic rings. The first-order valence-corrected chi connectivity index (χ1v) is 6.05. The molecule has 0 spiro atoms. The average Bonchev–Trinajstić information content (AvgIpc) is 2.39. The highest BCUT2D eigenvalue weighted by Crippen LogP contribution is 2.33. The van der Waals surface area contributed by atoms with Crippen LogP contribution in [-0.4, -0.2) is 30.0 Å². The summed E-state index contributed by atoms with van der Waals surface area (Å²) in [5.41, 5.74) is -0.572. The number of nitrogens with one attached hydrogen (secondary N) is 1. The minimum absolute atomic E-state index is 0.0816. The van der Waals surface area contributed by atoms with Gasteiger partial charge in [-0.25, -0.2) is 4.79 Å². The second-order valence-electron chi connectivity index (χ2n) is 3.77. The number of amides is 1. The van der Waals surface area contributed by atoms with Crippen LogP contribution in [0.5, 0.6) is 0 Å². The van der Waals surface area contributed by atoms with Crippen LogP contribution in [0.4, 0.5) is 5.69 Å². The first-order chi connectivity index (χ1) is 9.27. The molecular formula is C11H10Cl2N2O5. The normalized spacial score (nSPS) is 11.6. The lowest BCUT2D eigenvalue weighted by Crippen LogP contribution is -2.39. The van der Waals surface area contributed by atoms with E-state index in [4.69, 9.17) is 23.2 Å². The van der Waals surface area contributed by atoms with Crippen LogP contribution in [0.3, 0.4) is 0 Å². The van der Waals surface area contributed by atoms with Gasteiger partial charge in [0.2, 0.25) is 0 Å². The van der Waals surface area contributed by atoms with Gasteiger partial charge in [0.15, 0.2) is 0 Å². The number of hydrogen-bond donors (Lipinski definition) is 1. The molecule has 0 unspecified atom stereocenters. The van der Waals surface area contributed by atoms with Crippen LogP contribution in [0.25, 0.3) is 0 Å². The summed E-state index contributed by atoms with van der Waals surface area (Å²) in [5, 5.41) is 12.7. The number of ether oxygens (including phenoxy) is 1. The Morgan fingerprint density at radius 2 is 2.00 bits per heavy atom. The summed E-state index contributed by atoms with van der Waals surface area (Å²) in [6.07, 6.45) is 0. The van der Waals surface area contributed by atoms with Crippen LogP contribution in [-0.2, 0) is 9.53 Å². The van der Waals surface area contributed by atoms with Gasteiger partial charge in [-0.3, -0.25) is 14.9 Å². The van der Waals surface area contributed by atoms with Crippen molar-refractivity contribution in [3.63, 3.8) is 0 Å². The van der Waals surface area contributed by atoms with E-state index in [9.17, 15) is 19.7 Å². The van der Waals surface area contributed by atoms with Crippen LogP contribution >= 0.6 is 23.2 Å². The van der Waals surface area contributed by atoms with Gasteiger partial charge in [0, 0.05) is 11.6 Å². The van der Waals surface area contributed by atoms with E-state index in [1.807, 2.05) is 0 Å². The van der Waals surface area contributed by atoms with Gasteiger partial charge in [0.25, 0.3) is 11.6 Å². The molecule has 0 bridgehead atoms. The Morgan fingerprint density at radius 3 is 2.50 bits per heavy atom. The lowest BCUT2D eigenvalue weighted by Gasteiger charge is -2.11. The Morgan fingerprint density at radius 1 is 1.40 bits per heavy atom. The summed E-state index contributed by atoms with van der Waals surface area (Å²) in [6.45, 7) is 1.41. The van der Waals surface area contributed by atoms with E-state index in [-0.39, 0.29) is 15.6 Å². The Hall–Kier alpha value is -1.86.